The first-order valence-corrected chi connectivity index (χ1v) is 20.6. The zero-order chi connectivity index (χ0) is 40.1. The Bertz CT molecular complexity index is 2960. The minimum atomic E-state index is -0.223. The van der Waals surface area contributed by atoms with Crippen molar-refractivity contribution in [2.24, 2.45) is 0 Å². The fourth-order valence-electron chi connectivity index (χ4n) is 9.26. The van der Waals surface area contributed by atoms with Crippen molar-refractivity contribution < 1.29 is 0 Å². The summed E-state index contributed by atoms with van der Waals surface area (Å²) in [5.41, 5.74) is 19.4. The first kappa shape index (κ1) is 36.2. The number of nitrogens with zero attached hydrogens (tertiary/aromatic N) is 2. The lowest BCUT2D eigenvalue weighted by molar-refractivity contribution is 0.666. The van der Waals surface area contributed by atoms with Gasteiger partial charge in [0, 0.05) is 39.5 Å². The third-order valence-electron chi connectivity index (χ3n) is 12.3. The Morgan fingerprint density at radius 2 is 0.780 bits per heavy atom. The van der Waals surface area contributed by atoms with E-state index in [2.05, 4.69) is 244 Å². The molecule has 1 aliphatic carbocycles. The molecule has 2 heteroatoms. The van der Waals surface area contributed by atoms with Crippen LogP contribution in [0.4, 0.5) is 34.1 Å². The maximum atomic E-state index is 2.44. The molecule has 2 nitrogen and oxygen atoms in total. The summed E-state index contributed by atoms with van der Waals surface area (Å²) in [4.78, 5) is 4.82. The molecule has 0 amide bonds. The van der Waals surface area contributed by atoms with Crippen molar-refractivity contribution in [2.75, 3.05) is 9.80 Å². The molecule has 284 valence electrons. The second kappa shape index (κ2) is 14.7. The second-order valence-electron chi connectivity index (χ2n) is 16.3. The van der Waals surface area contributed by atoms with E-state index in [0.29, 0.717) is 0 Å². The van der Waals surface area contributed by atoms with Gasteiger partial charge in [-0.15, -0.1) is 0 Å². The average molecular weight is 759 g/mol. The van der Waals surface area contributed by atoms with Crippen molar-refractivity contribution in [1.29, 1.82) is 0 Å². The Morgan fingerprint density at radius 3 is 1.31 bits per heavy atom. The van der Waals surface area contributed by atoms with Gasteiger partial charge in [0.15, 0.2) is 0 Å². The van der Waals surface area contributed by atoms with Gasteiger partial charge in [0.05, 0.1) is 0 Å². The van der Waals surface area contributed by atoms with E-state index in [0.717, 1.165) is 22.7 Å². The van der Waals surface area contributed by atoms with Crippen LogP contribution in [0.15, 0.2) is 206 Å². The minimum Gasteiger partial charge on any atom is -0.310 e. The standard InChI is InChI=1S/C57H46N2/c1-39-15-11-13-21-54(39)58(46-28-23-43(24-29-46)41-17-7-5-8-18-41)48-32-35-50-45(37-48)27-34-52-51-36-33-49(38-53(51)57(3,4)56(50)52)59(55-22-14-12-16-40(55)2)47-30-25-44(26-31-47)42-19-9-6-10-20-42/h5-38H,1-4H3. The van der Waals surface area contributed by atoms with Gasteiger partial charge in [-0.2, -0.15) is 0 Å². The number of rotatable bonds is 8. The van der Waals surface area contributed by atoms with Gasteiger partial charge < -0.3 is 9.80 Å². The van der Waals surface area contributed by atoms with Crippen LogP contribution in [0.1, 0.15) is 36.1 Å². The Kier molecular flexibility index (Phi) is 8.99. The maximum absolute atomic E-state index is 2.44. The molecule has 0 fully saturated rings. The highest BCUT2D eigenvalue weighted by molar-refractivity contribution is 6.00. The van der Waals surface area contributed by atoms with E-state index in [9.17, 15) is 0 Å². The van der Waals surface area contributed by atoms with Gasteiger partial charge >= 0.3 is 0 Å². The average Bonchev–Trinajstić information content (AvgIpc) is 3.51. The molecule has 10 rings (SSSR count). The number of hydrogen-bond donors (Lipinski definition) is 0. The fourth-order valence-corrected chi connectivity index (χ4v) is 9.26. The van der Waals surface area contributed by atoms with Gasteiger partial charge in [-0.3, -0.25) is 0 Å². The molecule has 0 N–H and O–H groups in total. The van der Waals surface area contributed by atoms with Gasteiger partial charge in [0.25, 0.3) is 0 Å². The highest BCUT2D eigenvalue weighted by atomic mass is 15.1. The van der Waals surface area contributed by atoms with Crippen LogP contribution >= 0.6 is 0 Å². The molecule has 0 bridgehead atoms. The Hall–Kier alpha value is -7.16. The van der Waals surface area contributed by atoms with Gasteiger partial charge in [0.1, 0.15) is 0 Å². The summed E-state index contributed by atoms with van der Waals surface area (Å²) >= 11 is 0. The Morgan fingerprint density at radius 1 is 0.356 bits per heavy atom. The predicted molar refractivity (Wildman–Crippen MR) is 251 cm³/mol. The van der Waals surface area contributed by atoms with Gasteiger partial charge in [-0.05, 0) is 141 Å². The van der Waals surface area contributed by atoms with E-state index in [1.54, 1.807) is 0 Å². The molecule has 9 aromatic carbocycles. The number of aryl methyl sites for hydroxylation is 2. The van der Waals surface area contributed by atoms with E-state index in [1.807, 2.05) is 0 Å². The van der Waals surface area contributed by atoms with Crippen LogP contribution in [0.25, 0.3) is 44.2 Å². The van der Waals surface area contributed by atoms with Crippen LogP contribution in [0.2, 0.25) is 0 Å². The van der Waals surface area contributed by atoms with Crippen LogP contribution in [0, 0.1) is 13.8 Å². The van der Waals surface area contributed by atoms with E-state index in [4.69, 9.17) is 0 Å². The number of fused-ring (bicyclic) bond motifs is 5. The van der Waals surface area contributed by atoms with Crippen molar-refractivity contribution in [3.8, 4) is 33.4 Å². The summed E-state index contributed by atoms with van der Waals surface area (Å²) in [5, 5.41) is 2.53. The smallest absolute Gasteiger partial charge is 0.0490 e. The second-order valence-corrected chi connectivity index (χ2v) is 16.3. The zero-order valence-corrected chi connectivity index (χ0v) is 34.0. The predicted octanol–water partition coefficient (Wildman–Crippen LogP) is 16.0. The van der Waals surface area contributed by atoms with Crippen molar-refractivity contribution in [3.05, 3.63) is 229 Å². The number of anilines is 6. The normalized spacial score (nSPS) is 12.5. The highest BCUT2D eigenvalue weighted by Crippen LogP contribution is 2.53. The van der Waals surface area contributed by atoms with Crippen LogP contribution in [0.3, 0.4) is 0 Å². The molecular formula is C57H46N2. The molecule has 0 radical (unpaired) electrons. The quantitative estimate of drug-likeness (QED) is 0.152. The molecule has 59 heavy (non-hydrogen) atoms. The third-order valence-corrected chi connectivity index (χ3v) is 12.3. The third kappa shape index (κ3) is 6.38. The highest BCUT2D eigenvalue weighted by Gasteiger charge is 2.37. The zero-order valence-electron chi connectivity index (χ0n) is 34.0. The summed E-state index contributed by atoms with van der Waals surface area (Å²) in [7, 11) is 0. The van der Waals surface area contributed by atoms with Crippen LogP contribution < -0.4 is 9.80 Å². The SMILES string of the molecule is Cc1ccccc1N(c1ccc(-c2ccccc2)cc1)c1ccc2c(c1)C(C)(C)c1c-2ccc2cc(N(c3ccc(-c4ccccc4)cc3)c3ccccc3C)ccc12. The molecule has 0 aliphatic heterocycles. The van der Waals surface area contributed by atoms with Crippen molar-refractivity contribution in [3.63, 3.8) is 0 Å². The van der Waals surface area contributed by atoms with Gasteiger partial charge in [0.2, 0.25) is 0 Å². The van der Waals surface area contributed by atoms with Crippen molar-refractivity contribution >= 4 is 44.9 Å². The fraction of sp³-hybridized carbons (Fsp3) is 0.0877. The molecule has 0 saturated carbocycles. The molecule has 0 saturated heterocycles. The van der Waals surface area contributed by atoms with E-state index in [-0.39, 0.29) is 5.41 Å². The van der Waals surface area contributed by atoms with E-state index >= 15 is 0 Å². The number of hydrogen-bond acceptors (Lipinski definition) is 2. The lowest BCUT2D eigenvalue weighted by Gasteiger charge is -2.30. The summed E-state index contributed by atoms with van der Waals surface area (Å²) in [6.07, 6.45) is 0. The first-order valence-electron chi connectivity index (χ1n) is 20.6. The maximum Gasteiger partial charge on any atom is 0.0490 e. The molecule has 9 aromatic rings. The first-order chi connectivity index (χ1) is 28.8. The lowest BCUT2D eigenvalue weighted by Crippen LogP contribution is -2.17. The minimum absolute atomic E-state index is 0.223. The van der Waals surface area contributed by atoms with Gasteiger partial charge in [-0.1, -0.05) is 159 Å². The van der Waals surface area contributed by atoms with Crippen molar-refractivity contribution in [1.82, 2.24) is 0 Å². The van der Waals surface area contributed by atoms with Gasteiger partial charge in [-0.25, -0.2) is 0 Å². The summed E-state index contributed by atoms with van der Waals surface area (Å²) < 4.78 is 0. The van der Waals surface area contributed by atoms with E-state index in [1.165, 1.54) is 77.8 Å². The van der Waals surface area contributed by atoms with Crippen LogP contribution in [-0.4, -0.2) is 0 Å². The molecule has 0 atom stereocenters. The molecule has 0 unspecified atom stereocenters. The largest absolute Gasteiger partial charge is 0.310 e. The Labute approximate surface area is 348 Å². The topological polar surface area (TPSA) is 6.48 Å². The van der Waals surface area contributed by atoms with Crippen molar-refractivity contribution in [2.45, 2.75) is 33.1 Å². The molecule has 0 aromatic heterocycles. The Balaban J connectivity index is 1.05. The number of para-hydroxylation sites is 2. The summed E-state index contributed by atoms with van der Waals surface area (Å²) in [6.45, 7) is 9.20. The molecule has 0 spiro atoms. The molecular weight excluding hydrogens is 713 g/mol. The molecule has 0 heterocycles. The van der Waals surface area contributed by atoms with Crippen LogP contribution in [-0.2, 0) is 5.41 Å². The van der Waals surface area contributed by atoms with Crippen LogP contribution in [0.5, 0.6) is 0 Å². The van der Waals surface area contributed by atoms with E-state index < -0.39 is 0 Å². The monoisotopic (exact) mass is 758 g/mol. The summed E-state index contributed by atoms with van der Waals surface area (Å²) in [6, 6.07) is 75.3. The lowest BCUT2D eigenvalue weighted by atomic mass is 9.80. The summed E-state index contributed by atoms with van der Waals surface area (Å²) in [5.74, 6) is 0. The molecule has 1 aliphatic rings. The number of benzene rings is 9.